The van der Waals surface area contributed by atoms with Gasteiger partial charge in [-0.2, -0.15) is 0 Å². The summed E-state index contributed by atoms with van der Waals surface area (Å²) in [5.74, 6) is -0.264. The van der Waals surface area contributed by atoms with Crippen molar-refractivity contribution >= 4 is 34.3 Å². The molecule has 26 heavy (non-hydrogen) atoms. The van der Waals surface area contributed by atoms with Gasteiger partial charge < -0.3 is 10.6 Å². The highest BCUT2D eigenvalue weighted by Crippen LogP contribution is 2.26. The van der Waals surface area contributed by atoms with Gasteiger partial charge in [0.1, 0.15) is 10.8 Å². The van der Waals surface area contributed by atoms with Crippen molar-refractivity contribution in [2.45, 2.75) is 26.4 Å². The van der Waals surface area contributed by atoms with Crippen LogP contribution in [-0.4, -0.2) is 16.1 Å². The monoisotopic (exact) mass is 390 g/mol. The van der Waals surface area contributed by atoms with Crippen LogP contribution in [0.15, 0.2) is 41.8 Å². The van der Waals surface area contributed by atoms with Crippen molar-refractivity contribution in [2.24, 2.45) is 5.92 Å². The molecular formula is C18H19FN4OS2. The van der Waals surface area contributed by atoms with Crippen molar-refractivity contribution < 1.29 is 9.18 Å². The van der Waals surface area contributed by atoms with Crippen LogP contribution < -0.4 is 10.6 Å². The van der Waals surface area contributed by atoms with E-state index in [0.717, 1.165) is 5.01 Å². The maximum absolute atomic E-state index is 12.9. The molecule has 1 unspecified atom stereocenters. The highest BCUT2D eigenvalue weighted by Gasteiger charge is 2.18. The fourth-order valence-electron chi connectivity index (χ4n) is 2.46. The van der Waals surface area contributed by atoms with E-state index in [1.54, 1.807) is 11.3 Å². The molecule has 0 saturated carbocycles. The third-order valence-corrected chi connectivity index (χ3v) is 5.63. The number of hydrogen-bond acceptors (Lipinski definition) is 6. The van der Waals surface area contributed by atoms with Crippen molar-refractivity contribution in [2.75, 3.05) is 5.32 Å². The summed E-state index contributed by atoms with van der Waals surface area (Å²) in [6.45, 7) is 4.88. The maximum Gasteiger partial charge on any atom is 0.286 e. The summed E-state index contributed by atoms with van der Waals surface area (Å²) >= 11 is 2.97. The number of benzene rings is 1. The van der Waals surface area contributed by atoms with Crippen LogP contribution >= 0.6 is 22.7 Å². The quantitative estimate of drug-likeness (QED) is 0.624. The summed E-state index contributed by atoms with van der Waals surface area (Å²) in [7, 11) is 0. The lowest BCUT2D eigenvalue weighted by Gasteiger charge is -2.20. The Hall–Kier alpha value is -2.16. The maximum atomic E-state index is 12.9. The highest BCUT2D eigenvalue weighted by molar-refractivity contribution is 7.13. The fraction of sp³-hybridized carbons (Fsp3) is 0.278. The molecule has 3 rings (SSSR count). The summed E-state index contributed by atoms with van der Waals surface area (Å²) < 4.78 is 12.9. The molecule has 0 aliphatic rings. The van der Waals surface area contributed by atoms with Gasteiger partial charge in [-0.05, 0) is 41.6 Å². The molecule has 2 aromatic heterocycles. The van der Waals surface area contributed by atoms with Crippen molar-refractivity contribution in [3.05, 3.63) is 62.5 Å². The topological polar surface area (TPSA) is 66.9 Å². The van der Waals surface area contributed by atoms with Crippen LogP contribution in [0.5, 0.6) is 0 Å². The molecule has 0 saturated heterocycles. The molecule has 2 heterocycles. The number of anilines is 1. The molecule has 0 aliphatic heterocycles. The Morgan fingerprint density at radius 1 is 1.19 bits per heavy atom. The van der Waals surface area contributed by atoms with Crippen LogP contribution in [-0.2, 0) is 6.54 Å². The second-order valence-electron chi connectivity index (χ2n) is 6.08. The van der Waals surface area contributed by atoms with Crippen molar-refractivity contribution in [3.8, 4) is 0 Å². The van der Waals surface area contributed by atoms with E-state index >= 15 is 0 Å². The number of thiophene rings is 1. The van der Waals surface area contributed by atoms with E-state index in [1.807, 2.05) is 6.07 Å². The summed E-state index contributed by atoms with van der Waals surface area (Å²) in [6, 6.07) is 9.99. The molecule has 2 N–H and O–H groups in total. The molecule has 5 nitrogen and oxygen atoms in total. The molecule has 1 aromatic carbocycles. The van der Waals surface area contributed by atoms with E-state index in [1.165, 1.54) is 40.5 Å². The predicted octanol–water partition coefficient (Wildman–Crippen LogP) is 4.48. The van der Waals surface area contributed by atoms with E-state index in [9.17, 15) is 9.18 Å². The van der Waals surface area contributed by atoms with E-state index < -0.39 is 0 Å². The fourth-order valence-corrected chi connectivity index (χ4v) is 4.12. The van der Waals surface area contributed by atoms with Crippen LogP contribution in [0.25, 0.3) is 0 Å². The van der Waals surface area contributed by atoms with Gasteiger partial charge in [-0.15, -0.1) is 21.5 Å². The second-order valence-corrected chi connectivity index (χ2v) is 8.12. The SMILES string of the molecule is CC(C)C(NCc1nnc(C(=O)Nc2ccc(F)cc2)s1)c1cccs1. The number of amides is 1. The number of halogens is 1. The van der Waals surface area contributed by atoms with Crippen LogP contribution in [0.3, 0.4) is 0 Å². The number of hydrogen-bond donors (Lipinski definition) is 2. The minimum Gasteiger partial charge on any atom is -0.320 e. The minimum absolute atomic E-state index is 0.232. The first-order valence-corrected chi connectivity index (χ1v) is 9.88. The van der Waals surface area contributed by atoms with E-state index in [2.05, 4.69) is 46.1 Å². The molecule has 3 aromatic rings. The Balaban J connectivity index is 1.60. The first kappa shape index (κ1) is 18.6. The largest absolute Gasteiger partial charge is 0.320 e. The molecule has 0 spiro atoms. The third-order valence-electron chi connectivity index (χ3n) is 3.75. The van der Waals surface area contributed by atoms with E-state index in [4.69, 9.17) is 0 Å². The number of carbonyl (C=O) groups is 1. The molecular weight excluding hydrogens is 371 g/mol. The van der Waals surface area contributed by atoms with Gasteiger partial charge in [0.25, 0.3) is 5.91 Å². The molecule has 0 radical (unpaired) electrons. The second kappa shape index (κ2) is 8.48. The smallest absolute Gasteiger partial charge is 0.286 e. The van der Waals surface area contributed by atoms with Crippen LogP contribution in [0.1, 0.15) is 39.6 Å². The summed E-state index contributed by atoms with van der Waals surface area (Å²) in [4.78, 5) is 13.5. The third kappa shape index (κ3) is 4.72. The zero-order valence-electron chi connectivity index (χ0n) is 14.4. The average Bonchev–Trinajstić information content (AvgIpc) is 3.29. The van der Waals surface area contributed by atoms with Crippen molar-refractivity contribution in [1.82, 2.24) is 15.5 Å². The van der Waals surface area contributed by atoms with Gasteiger partial charge >= 0.3 is 0 Å². The lowest BCUT2D eigenvalue weighted by molar-refractivity contribution is 0.102. The molecule has 136 valence electrons. The van der Waals surface area contributed by atoms with Gasteiger partial charge in [-0.3, -0.25) is 4.79 Å². The summed E-state index contributed by atoms with van der Waals surface area (Å²) in [5.41, 5.74) is 0.517. The number of nitrogens with one attached hydrogen (secondary N) is 2. The normalized spacial score (nSPS) is 12.3. The Bertz CT molecular complexity index is 846. The highest BCUT2D eigenvalue weighted by atomic mass is 32.1. The van der Waals surface area contributed by atoms with Gasteiger partial charge in [0.2, 0.25) is 5.01 Å². The molecule has 0 aliphatic carbocycles. The van der Waals surface area contributed by atoms with Crippen LogP contribution in [0.2, 0.25) is 0 Å². The van der Waals surface area contributed by atoms with Gasteiger partial charge in [0, 0.05) is 16.6 Å². The molecule has 1 atom stereocenters. The standard InChI is InChI=1S/C18H19FN4OS2/c1-11(2)16(14-4-3-9-25-14)20-10-15-22-23-18(26-15)17(24)21-13-7-5-12(19)6-8-13/h3-9,11,16,20H,10H2,1-2H3,(H,21,24). The first-order chi connectivity index (χ1) is 12.5. The Labute approximate surface area is 159 Å². The predicted molar refractivity (Wildman–Crippen MR) is 103 cm³/mol. The lowest BCUT2D eigenvalue weighted by Crippen LogP contribution is -2.24. The Kier molecular flexibility index (Phi) is 6.08. The zero-order valence-corrected chi connectivity index (χ0v) is 16.0. The lowest BCUT2D eigenvalue weighted by atomic mass is 10.0. The van der Waals surface area contributed by atoms with Gasteiger partial charge in [0.05, 0.1) is 6.54 Å². The number of nitrogens with zero attached hydrogens (tertiary/aromatic N) is 2. The summed E-state index contributed by atoms with van der Waals surface area (Å²) in [5, 5.41) is 17.3. The van der Waals surface area contributed by atoms with E-state index in [-0.39, 0.29) is 22.8 Å². The van der Waals surface area contributed by atoms with Gasteiger partial charge in [-0.1, -0.05) is 31.3 Å². The average molecular weight is 391 g/mol. The molecule has 0 bridgehead atoms. The van der Waals surface area contributed by atoms with Crippen LogP contribution in [0, 0.1) is 11.7 Å². The first-order valence-electron chi connectivity index (χ1n) is 8.19. The summed E-state index contributed by atoms with van der Waals surface area (Å²) in [6.07, 6.45) is 0. The van der Waals surface area contributed by atoms with Crippen molar-refractivity contribution in [3.63, 3.8) is 0 Å². The Morgan fingerprint density at radius 2 is 1.96 bits per heavy atom. The van der Waals surface area contributed by atoms with E-state index in [0.29, 0.717) is 18.2 Å². The van der Waals surface area contributed by atoms with Crippen molar-refractivity contribution in [1.29, 1.82) is 0 Å². The number of rotatable bonds is 7. The Morgan fingerprint density at radius 3 is 2.62 bits per heavy atom. The van der Waals surface area contributed by atoms with Crippen LogP contribution in [0.4, 0.5) is 10.1 Å². The zero-order chi connectivity index (χ0) is 18.5. The number of aromatic nitrogens is 2. The molecule has 8 heteroatoms. The molecule has 0 fully saturated rings. The van der Waals surface area contributed by atoms with Gasteiger partial charge in [0.15, 0.2) is 0 Å². The minimum atomic E-state index is -0.349. The molecule has 1 amide bonds. The van der Waals surface area contributed by atoms with Gasteiger partial charge in [-0.25, -0.2) is 4.39 Å². The number of carbonyl (C=O) groups excluding carboxylic acids is 1.